The van der Waals surface area contributed by atoms with Crippen molar-refractivity contribution in [2.75, 3.05) is 13.2 Å². The summed E-state index contributed by atoms with van der Waals surface area (Å²) in [5.41, 5.74) is 0.137. The number of rotatable bonds is 7. The topological polar surface area (TPSA) is 184 Å². The smallest absolute Gasteiger partial charge is 0.372 e. The van der Waals surface area contributed by atoms with E-state index in [1.165, 1.54) is 12.1 Å². The van der Waals surface area contributed by atoms with Crippen molar-refractivity contribution in [3.63, 3.8) is 0 Å². The zero-order valence-corrected chi connectivity index (χ0v) is 21.6. The molecule has 206 valence electrons. The van der Waals surface area contributed by atoms with Crippen molar-refractivity contribution >= 4 is 28.0 Å². The molecule has 0 aliphatic rings. The average molecular weight is 552 g/mol. The van der Waals surface area contributed by atoms with E-state index in [0.717, 1.165) is 0 Å². The number of para-hydroxylation sites is 1. The van der Waals surface area contributed by atoms with Gasteiger partial charge >= 0.3 is 11.9 Å². The molecule has 0 fully saturated rings. The second-order valence-corrected chi connectivity index (χ2v) is 7.52. The first kappa shape index (κ1) is 33.7. The molecular formula is C24H29N3O10S. The molecule has 0 amide bonds. The van der Waals surface area contributed by atoms with E-state index in [1.807, 2.05) is 61.2 Å². The zero-order valence-electron chi connectivity index (χ0n) is 20.8. The molecule has 0 aliphatic carbocycles. The van der Waals surface area contributed by atoms with E-state index in [2.05, 4.69) is 0 Å². The van der Waals surface area contributed by atoms with Crippen LogP contribution in [0.4, 0.5) is 5.69 Å². The summed E-state index contributed by atoms with van der Waals surface area (Å²) < 4.78 is 47.2. The fourth-order valence-corrected chi connectivity index (χ4v) is 2.34. The van der Waals surface area contributed by atoms with Gasteiger partial charge in [-0.05, 0) is 13.8 Å². The molecule has 13 nitrogen and oxygen atoms in total. The van der Waals surface area contributed by atoms with Crippen LogP contribution in [-0.4, -0.2) is 47.6 Å². The first-order valence-electron chi connectivity index (χ1n) is 11.0. The number of non-ortho nitro benzene ring substituents is 1. The molecule has 14 heteroatoms. The van der Waals surface area contributed by atoms with Crippen LogP contribution in [0.15, 0.2) is 91.5 Å². The summed E-state index contributed by atoms with van der Waals surface area (Å²) in [5, 5.41) is 10.0. The van der Waals surface area contributed by atoms with Gasteiger partial charge < -0.3 is 18.6 Å². The number of nitro groups is 1. The molecule has 0 N–H and O–H groups in total. The fraction of sp³-hybridized carbons (Fsp3) is 0.250. The van der Waals surface area contributed by atoms with Crippen LogP contribution in [0.1, 0.15) is 13.8 Å². The Bertz CT molecular complexity index is 1120. The fourth-order valence-electron chi connectivity index (χ4n) is 2.34. The van der Waals surface area contributed by atoms with Crippen molar-refractivity contribution in [2.24, 2.45) is 0 Å². The van der Waals surface area contributed by atoms with Gasteiger partial charge in [-0.15, -0.1) is 0 Å². The third-order valence-corrected chi connectivity index (χ3v) is 3.76. The van der Waals surface area contributed by atoms with Crippen LogP contribution < -0.4 is 9.13 Å². The van der Waals surface area contributed by atoms with Crippen LogP contribution in [0.3, 0.4) is 0 Å². The van der Waals surface area contributed by atoms with E-state index < -0.39 is 15.3 Å². The lowest BCUT2D eigenvalue weighted by Gasteiger charge is -2.06. The highest BCUT2D eigenvalue weighted by molar-refractivity contribution is 7.79. The van der Waals surface area contributed by atoms with Gasteiger partial charge in [-0.2, -0.15) is 9.13 Å². The lowest BCUT2D eigenvalue weighted by Crippen LogP contribution is -2.37. The lowest BCUT2D eigenvalue weighted by molar-refractivity contribution is -0.686. The number of aromatic nitrogens is 2. The second-order valence-electron chi connectivity index (χ2n) is 6.71. The highest BCUT2D eigenvalue weighted by atomic mass is 32.3. The Hall–Kier alpha value is -4.27. The maximum absolute atomic E-state index is 11.0. The maximum atomic E-state index is 11.0. The Morgan fingerprint density at radius 1 is 0.737 bits per heavy atom. The van der Waals surface area contributed by atoms with E-state index in [4.69, 9.17) is 27.0 Å². The van der Waals surface area contributed by atoms with Crippen LogP contribution in [0.2, 0.25) is 0 Å². The second kappa shape index (κ2) is 19.9. The van der Waals surface area contributed by atoms with Crippen molar-refractivity contribution in [1.82, 2.24) is 0 Å². The van der Waals surface area contributed by atoms with Gasteiger partial charge in [0.2, 0.25) is 13.1 Å². The molecule has 0 saturated carbocycles. The van der Waals surface area contributed by atoms with Gasteiger partial charge in [0, 0.05) is 46.8 Å². The first-order chi connectivity index (χ1) is 18.0. The molecule has 38 heavy (non-hydrogen) atoms. The molecule has 0 bridgehead atoms. The number of nitrogens with zero attached hydrogens (tertiary/aromatic N) is 3. The van der Waals surface area contributed by atoms with E-state index in [1.54, 1.807) is 41.2 Å². The van der Waals surface area contributed by atoms with Gasteiger partial charge in [0.25, 0.3) is 5.69 Å². The van der Waals surface area contributed by atoms with Crippen LogP contribution in [0.5, 0.6) is 0 Å². The Labute approximate surface area is 220 Å². The SMILES string of the molecule is CCOC(=O)C[n+]1ccccc1.CCOC(=O)C[n+]1ccccc1.O=S(=O)([O-])[O-].O=[N+]([O-])c1ccccc1. The Morgan fingerprint density at radius 3 is 1.32 bits per heavy atom. The van der Waals surface area contributed by atoms with Crippen molar-refractivity contribution in [1.29, 1.82) is 0 Å². The molecule has 3 aromatic rings. The van der Waals surface area contributed by atoms with Crippen LogP contribution in [-0.2, 0) is 42.6 Å². The number of carbonyl (C=O) groups excluding carboxylic acids is 2. The van der Waals surface area contributed by atoms with Crippen molar-refractivity contribution in [3.05, 3.63) is 102 Å². The molecule has 2 aromatic heterocycles. The van der Waals surface area contributed by atoms with E-state index in [9.17, 15) is 19.7 Å². The Balaban J connectivity index is 0.000000501. The number of hydrogen-bond donors (Lipinski definition) is 0. The largest absolute Gasteiger partial charge is 0.759 e. The quantitative estimate of drug-likeness (QED) is 0.104. The molecule has 1 aromatic carbocycles. The van der Waals surface area contributed by atoms with E-state index >= 15 is 0 Å². The predicted molar refractivity (Wildman–Crippen MR) is 130 cm³/mol. The zero-order chi connectivity index (χ0) is 28.8. The van der Waals surface area contributed by atoms with E-state index in [-0.39, 0.29) is 30.7 Å². The number of benzene rings is 1. The average Bonchev–Trinajstić information content (AvgIpc) is 2.86. The molecular weight excluding hydrogens is 522 g/mol. The van der Waals surface area contributed by atoms with Crippen molar-refractivity contribution in [3.8, 4) is 0 Å². The molecule has 2 heterocycles. The summed E-state index contributed by atoms with van der Waals surface area (Å²) in [5.74, 6) is -0.401. The monoisotopic (exact) mass is 551 g/mol. The summed E-state index contributed by atoms with van der Waals surface area (Å²) in [7, 11) is -5.17. The number of ether oxygens (including phenoxy) is 2. The van der Waals surface area contributed by atoms with Gasteiger partial charge in [0.05, 0.1) is 18.1 Å². The predicted octanol–water partition coefficient (Wildman–Crippen LogP) is 1.33. The van der Waals surface area contributed by atoms with Crippen molar-refractivity contribution in [2.45, 2.75) is 26.9 Å². The number of carbonyl (C=O) groups is 2. The normalized spacial score (nSPS) is 9.58. The van der Waals surface area contributed by atoms with E-state index in [0.29, 0.717) is 13.2 Å². The lowest BCUT2D eigenvalue weighted by atomic mass is 10.3. The molecule has 0 saturated heterocycles. The summed E-state index contributed by atoms with van der Waals surface area (Å²) in [6, 6.07) is 19.2. The first-order valence-corrected chi connectivity index (χ1v) is 12.3. The minimum Gasteiger partial charge on any atom is -0.759 e. The minimum atomic E-state index is -5.17. The summed E-state index contributed by atoms with van der Waals surface area (Å²) in [6.07, 6.45) is 7.32. The molecule has 0 radical (unpaired) electrons. The molecule has 0 atom stereocenters. The third-order valence-electron chi connectivity index (χ3n) is 3.76. The van der Waals surface area contributed by atoms with Gasteiger partial charge in [0.1, 0.15) is 0 Å². The summed E-state index contributed by atoms with van der Waals surface area (Å²) in [4.78, 5) is 31.5. The minimum absolute atomic E-state index is 0.137. The number of nitro benzene ring substituents is 1. The molecule has 0 spiro atoms. The Morgan fingerprint density at radius 2 is 1.05 bits per heavy atom. The molecule has 0 aliphatic heterocycles. The molecule has 0 unspecified atom stereocenters. The van der Waals surface area contributed by atoms with Gasteiger partial charge in [-0.3, -0.25) is 18.5 Å². The number of hydrogen-bond acceptors (Lipinski definition) is 10. The Kier molecular flexibility index (Phi) is 17.6. The van der Waals surface area contributed by atoms with Gasteiger partial charge in [-0.1, -0.05) is 30.3 Å². The van der Waals surface area contributed by atoms with Crippen LogP contribution >= 0.6 is 0 Å². The maximum Gasteiger partial charge on any atom is 0.372 e. The summed E-state index contributed by atoms with van der Waals surface area (Å²) >= 11 is 0. The number of pyridine rings is 2. The van der Waals surface area contributed by atoms with Crippen LogP contribution in [0.25, 0.3) is 0 Å². The van der Waals surface area contributed by atoms with Crippen LogP contribution in [0, 0.1) is 10.1 Å². The number of esters is 2. The summed E-state index contributed by atoms with van der Waals surface area (Å²) in [6.45, 7) is 5.04. The van der Waals surface area contributed by atoms with Gasteiger partial charge in [0.15, 0.2) is 24.8 Å². The highest BCUT2D eigenvalue weighted by Gasteiger charge is 2.08. The third kappa shape index (κ3) is 21.0. The van der Waals surface area contributed by atoms with Crippen molar-refractivity contribution < 1.29 is 50.6 Å². The standard InChI is InChI=1S/2C9H12NO2.C6H5NO2.H2O4S/c2*1-2-12-9(11)8-10-6-4-3-5-7-10;8-7(9)6-4-2-1-3-5-6;1-5(2,3)4/h2*3-7H,2,8H2,1H3;1-5H;(H2,1,2,3,4)/q2*+1;;/p-2. The van der Waals surface area contributed by atoms with Gasteiger partial charge in [-0.25, -0.2) is 9.59 Å². The highest BCUT2D eigenvalue weighted by Crippen LogP contribution is 2.06. The molecule has 3 rings (SSSR count).